The zero-order valence-corrected chi connectivity index (χ0v) is 14.7. The SMILES string of the molecule is O=C(Nc1cc(N2C(=O)CC[C@H]2c2ccccc2)ccn1)c1ccccc1. The van der Waals surface area contributed by atoms with Gasteiger partial charge in [0.25, 0.3) is 5.91 Å². The first-order valence-electron chi connectivity index (χ1n) is 8.92. The Labute approximate surface area is 157 Å². The van der Waals surface area contributed by atoms with Crippen LogP contribution in [0.15, 0.2) is 79.0 Å². The van der Waals surface area contributed by atoms with E-state index in [4.69, 9.17) is 0 Å². The summed E-state index contributed by atoms with van der Waals surface area (Å²) in [5.41, 5.74) is 2.41. The van der Waals surface area contributed by atoms with E-state index in [0.717, 1.165) is 17.7 Å². The van der Waals surface area contributed by atoms with E-state index in [1.165, 1.54) is 0 Å². The summed E-state index contributed by atoms with van der Waals surface area (Å²) in [7, 11) is 0. The molecule has 0 spiro atoms. The van der Waals surface area contributed by atoms with Crippen molar-refractivity contribution in [3.05, 3.63) is 90.1 Å². The largest absolute Gasteiger partial charge is 0.307 e. The Morgan fingerprint density at radius 2 is 1.70 bits per heavy atom. The second-order valence-corrected chi connectivity index (χ2v) is 6.45. The summed E-state index contributed by atoms with van der Waals surface area (Å²) >= 11 is 0. The molecule has 5 heteroatoms. The lowest BCUT2D eigenvalue weighted by atomic mass is 10.0. The number of benzene rings is 2. The maximum Gasteiger partial charge on any atom is 0.256 e. The molecule has 1 aromatic heterocycles. The Bertz CT molecular complexity index is 958. The van der Waals surface area contributed by atoms with Gasteiger partial charge in [-0.15, -0.1) is 0 Å². The molecular formula is C22H19N3O2. The van der Waals surface area contributed by atoms with Crippen molar-refractivity contribution in [2.75, 3.05) is 10.2 Å². The number of rotatable bonds is 4. The standard InChI is InChI=1S/C22H19N3O2/c26-21-12-11-19(16-7-3-1-4-8-16)25(21)18-13-14-23-20(15-18)24-22(27)17-9-5-2-6-10-17/h1-10,13-15,19H,11-12H2,(H,23,24,27)/t19-/m0/s1. The number of aromatic nitrogens is 1. The van der Waals surface area contributed by atoms with Crippen molar-refractivity contribution in [3.8, 4) is 0 Å². The molecule has 1 aliphatic heterocycles. The Hall–Kier alpha value is -3.47. The van der Waals surface area contributed by atoms with Crippen LogP contribution >= 0.6 is 0 Å². The van der Waals surface area contributed by atoms with Gasteiger partial charge in [0.05, 0.1) is 6.04 Å². The summed E-state index contributed by atoms with van der Waals surface area (Å²) in [5.74, 6) is 0.274. The van der Waals surface area contributed by atoms with Crippen molar-refractivity contribution in [1.82, 2.24) is 4.98 Å². The molecule has 1 saturated heterocycles. The van der Waals surface area contributed by atoms with Gasteiger partial charge in [0, 0.05) is 29.9 Å². The molecule has 0 aliphatic carbocycles. The third-order valence-electron chi connectivity index (χ3n) is 4.70. The van der Waals surface area contributed by atoms with E-state index in [9.17, 15) is 9.59 Å². The van der Waals surface area contributed by atoms with Crippen LogP contribution in [0.3, 0.4) is 0 Å². The molecule has 0 saturated carbocycles. The van der Waals surface area contributed by atoms with E-state index < -0.39 is 0 Å². The molecule has 27 heavy (non-hydrogen) atoms. The smallest absolute Gasteiger partial charge is 0.256 e. The van der Waals surface area contributed by atoms with Crippen LogP contribution in [0.1, 0.15) is 34.8 Å². The molecule has 0 radical (unpaired) electrons. The number of nitrogens with zero attached hydrogens (tertiary/aromatic N) is 2. The monoisotopic (exact) mass is 357 g/mol. The molecule has 4 rings (SSSR count). The Kier molecular flexibility index (Phi) is 4.66. The minimum atomic E-state index is -0.229. The van der Waals surface area contributed by atoms with E-state index in [1.54, 1.807) is 35.4 Å². The Balaban J connectivity index is 1.59. The molecule has 2 amide bonds. The fourth-order valence-corrected chi connectivity index (χ4v) is 3.41. The lowest BCUT2D eigenvalue weighted by Gasteiger charge is -2.25. The first-order valence-corrected chi connectivity index (χ1v) is 8.92. The molecule has 0 bridgehead atoms. The van der Waals surface area contributed by atoms with Gasteiger partial charge in [0.2, 0.25) is 5.91 Å². The number of carbonyl (C=O) groups is 2. The lowest BCUT2D eigenvalue weighted by Crippen LogP contribution is -2.27. The van der Waals surface area contributed by atoms with E-state index in [0.29, 0.717) is 17.8 Å². The second kappa shape index (κ2) is 7.41. The van der Waals surface area contributed by atoms with Crippen LogP contribution in [-0.4, -0.2) is 16.8 Å². The van der Waals surface area contributed by atoms with Gasteiger partial charge >= 0.3 is 0 Å². The molecule has 5 nitrogen and oxygen atoms in total. The zero-order chi connectivity index (χ0) is 18.6. The van der Waals surface area contributed by atoms with Gasteiger partial charge in [0.1, 0.15) is 5.82 Å². The first-order chi connectivity index (χ1) is 13.2. The third-order valence-corrected chi connectivity index (χ3v) is 4.70. The van der Waals surface area contributed by atoms with Crippen molar-refractivity contribution in [2.24, 2.45) is 0 Å². The first kappa shape index (κ1) is 17.0. The van der Waals surface area contributed by atoms with Crippen LogP contribution in [-0.2, 0) is 4.79 Å². The van der Waals surface area contributed by atoms with Crippen LogP contribution < -0.4 is 10.2 Å². The lowest BCUT2D eigenvalue weighted by molar-refractivity contribution is -0.117. The fraction of sp³-hybridized carbons (Fsp3) is 0.136. The molecule has 2 aromatic carbocycles. The number of hydrogen-bond donors (Lipinski definition) is 1. The quantitative estimate of drug-likeness (QED) is 0.761. The number of pyridine rings is 1. The third kappa shape index (κ3) is 3.58. The van der Waals surface area contributed by atoms with Gasteiger partial charge in [0.15, 0.2) is 0 Å². The highest BCUT2D eigenvalue weighted by molar-refractivity contribution is 6.04. The topological polar surface area (TPSA) is 62.3 Å². The van der Waals surface area contributed by atoms with Gasteiger partial charge in [-0.25, -0.2) is 4.98 Å². The van der Waals surface area contributed by atoms with E-state index >= 15 is 0 Å². The highest BCUT2D eigenvalue weighted by Gasteiger charge is 2.33. The summed E-state index contributed by atoms with van der Waals surface area (Å²) in [6.45, 7) is 0. The highest BCUT2D eigenvalue weighted by atomic mass is 16.2. The average molecular weight is 357 g/mol. The van der Waals surface area contributed by atoms with Crippen molar-refractivity contribution in [2.45, 2.75) is 18.9 Å². The number of hydrogen-bond acceptors (Lipinski definition) is 3. The summed E-state index contributed by atoms with van der Waals surface area (Å²) in [5, 5.41) is 2.80. The number of anilines is 2. The molecular weight excluding hydrogens is 338 g/mol. The van der Waals surface area contributed by atoms with Gasteiger partial charge in [-0.2, -0.15) is 0 Å². The predicted octanol–water partition coefficient (Wildman–Crippen LogP) is 4.20. The van der Waals surface area contributed by atoms with Crippen molar-refractivity contribution in [1.29, 1.82) is 0 Å². The summed E-state index contributed by atoms with van der Waals surface area (Å²) in [4.78, 5) is 30.9. The zero-order valence-electron chi connectivity index (χ0n) is 14.7. The summed E-state index contributed by atoms with van der Waals surface area (Å²) < 4.78 is 0. The van der Waals surface area contributed by atoms with Crippen LogP contribution in [0.5, 0.6) is 0 Å². The van der Waals surface area contributed by atoms with Crippen molar-refractivity contribution < 1.29 is 9.59 Å². The van der Waals surface area contributed by atoms with E-state index in [1.807, 2.05) is 48.5 Å². The maximum atomic E-state index is 12.5. The van der Waals surface area contributed by atoms with Crippen LogP contribution in [0.25, 0.3) is 0 Å². The van der Waals surface area contributed by atoms with Gasteiger partial charge in [-0.1, -0.05) is 48.5 Å². The normalized spacial score (nSPS) is 16.4. The van der Waals surface area contributed by atoms with Gasteiger partial charge < -0.3 is 10.2 Å². The minimum absolute atomic E-state index is 0.00113. The highest BCUT2D eigenvalue weighted by Crippen LogP contribution is 2.37. The molecule has 1 aliphatic rings. The molecule has 1 atom stereocenters. The Morgan fingerprint density at radius 1 is 1.00 bits per heavy atom. The van der Waals surface area contributed by atoms with Crippen molar-refractivity contribution in [3.63, 3.8) is 0 Å². The predicted molar refractivity (Wildman–Crippen MR) is 105 cm³/mol. The summed E-state index contributed by atoms with van der Waals surface area (Å²) in [6, 6.07) is 22.5. The number of nitrogens with one attached hydrogen (secondary N) is 1. The molecule has 2 heterocycles. The Morgan fingerprint density at radius 3 is 2.44 bits per heavy atom. The van der Waals surface area contributed by atoms with E-state index in [2.05, 4.69) is 10.3 Å². The van der Waals surface area contributed by atoms with Crippen LogP contribution in [0.4, 0.5) is 11.5 Å². The van der Waals surface area contributed by atoms with Gasteiger partial charge in [-0.3, -0.25) is 9.59 Å². The van der Waals surface area contributed by atoms with Gasteiger partial charge in [-0.05, 0) is 30.2 Å². The molecule has 1 fully saturated rings. The molecule has 134 valence electrons. The fourth-order valence-electron chi connectivity index (χ4n) is 3.41. The summed E-state index contributed by atoms with van der Waals surface area (Å²) in [6.07, 6.45) is 2.90. The number of amides is 2. The minimum Gasteiger partial charge on any atom is -0.307 e. The van der Waals surface area contributed by atoms with Crippen molar-refractivity contribution >= 4 is 23.3 Å². The molecule has 0 unspecified atom stereocenters. The van der Waals surface area contributed by atoms with Crippen LogP contribution in [0, 0.1) is 0 Å². The van der Waals surface area contributed by atoms with E-state index in [-0.39, 0.29) is 17.9 Å². The average Bonchev–Trinajstić information content (AvgIpc) is 3.11. The number of carbonyl (C=O) groups excluding carboxylic acids is 2. The van der Waals surface area contributed by atoms with Crippen LogP contribution in [0.2, 0.25) is 0 Å². The molecule has 1 N–H and O–H groups in total. The maximum absolute atomic E-state index is 12.5. The second-order valence-electron chi connectivity index (χ2n) is 6.45. The molecule has 3 aromatic rings.